The second-order valence-electron chi connectivity index (χ2n) is 11.1. The average molecular weight is 574 g/mol. The second-order valence-corrected chi connectivity index (χ2v) is 11.1. The highest BCUT2D eigenvalue weighted by Gasteiger charge is 2.50. The summed E-state index contributed by atoms with van der Waals surface area (Å²) in [6, 6.07) is 17.9. The van der Waals surface area contributed by atoms with Gasteiger partial charge in [-0.15, -0.1) is 0 Å². The van der Waals surface area contributed by atoms with Gasteiger partial charge in [-0.25, -0.2) is 4.79 Å². The first-order valence-corrected chi connectivity index (χ1v) is 13.6. The number of urea groups is 1. The van der Waals surface area contributed by atoms with Crippen molar-refractivity contribution in [3.8, 4) is 16.9 Å². The number of anilines is 1. The Morgan fingerprint density at radius 2 is 1.88 bits per heavy atom. The molecule has 10 heteroatoms. The van der Waals surface area contributed by atoms with Crippen molar-refractivity contribution in [3.05, 3.63) is 107 Å². The fraction of sp³-hybridized carbons (Fsp3) is 0.250. The van der Waals surface area contributed by atoms with E-state index < -0.39 is 17.5 Å². The summed E-state index contributed by atoms with van der Waals surface area (Å²) in [5.74, 6) is 0.338. The van der Waals surface area contributed by atoms with Gasteiger partial charge >= 0.3 is 12.2 Å². The van der Waals surface area contributed by atoms with Gasteiger partial charge in [0.1, 0.15) is 5.75 Å². The van der Waals surface area contributed by atoms with Gasteiger partial charge in [0, 0.05) is 36.2 Å². The van der Waals surface area contributed by atoms with Gasteiger partial charge in [0.15, 0.2) is 5.72 Å². The third-order valence-corrected chi connectivity index (χ3v) is 8.34. The molecule has 2 unspecified atom stereocenters. The minimum Gasteiger partial charge on any atom is -0.472 e. The van der Waals surface area contributed by atoms with Gasteiger partial charge in [-0.2, -0.15) is 13.2 Å². The molecule has 2 atom stereocenters. The average Bonchev–Trinajstić information content (AvgIpc) is 3.50. The number of amides is 3. The summed E-state index contributed by atoms with van der Waals surface area (Å²) in [7, 11) is 0. The highest BCUT2D eigenvalue weighted by Crippen LogP contribution is 2.47. The molecule has 7 rings (SSSR count). The first-order valence-electron chi connectivity index (χ1n) is 13.6. The Balaban J connectivity index is 1.15. The molecule has 1 N–H and O–H groups in total. The molecule has 0 saturated carbocycles. The van der Waals surface area contributed by atoms with E-state index in [9.17, 15) is 22.8 Å². The van der Waals surface area contributed by atoms with Crippen molar-refractivity contribution in [3.63, 3.8) is 0 Å². The zero-order valence-electron chi connectivity index (χ0n) is 22.6. The Labute approximate surface area is 239 Å². The lowest BCUT2D eigenvalue weighted by molar-refractivity contribution is -0.138. The molecule has 0 radical (unpaired) electrons. The summed E-state index contributed by atoms with van der Waals surface area (Å²) in [5.41, 5.74) is 2.63. The number of furan rings is 1. The number of benzene rings is 3. The maximum absolute atomic E-state index is 13.5. The molecule has 1 saturated heterocycles. The maximum Gasteiger partial charge on any atom is 0.416 e. The normalized spacial score (nSPS) is 21.2. The highest BCUT2D eigenvalue weighted by molar-refractivity contribution is 5.99. The second kappa shape index (κ2) is 9.40. The third-order valence-electron chi connectivity index (χ3n) is 8.34. The molecule has 0 aliphatic carbocycles. The number of nitrogens with one attached hydrogen (secondary N) is 1. The fourth-order valence-electron chi connectivity index (χ4n) is 6.38. The Morgan fingerprint density at radius 3 is 2.67 bits per heavy atom. The van der Waals surface area contributed by atoms with E-state index >= 15 is 0 Å². The number of ether oxygens (including phenoxy) is 1. The first kappa shape index (κ1) is 26.2. The SMILES string of the molecule is CC12CC(NC(=O)N1c1cccc(C(=O)N3CCc4c(cccc4C(F)(F)F)C3)c1)c1cc(-c3ccoc3)ccc1O2. The number of rotatable bonds is 3. The molecule has 4 aromatic rings. The predicted octanol–water partition coefficient (Wildman–Crippen LogP) is 6.93. The highest BCUT2D eigenvalue weighted by atomic mass is 19.4. The summed E-state index contributed by atoms with van der Waals surface area (Å²) >= 11 is 0. The fourth-order valence-corrected chi connectivity index (χ4v) is 6.38. The van der Waals surface area contributed by atoms with Crippen LogP contribution in [-0.2, 0) is 19.1 Å². The van der Waals surface area contributed by atoms with Crippen LogP contribution < -0.4 is 15.0 Å². The third kappa shape index (κ3) is 4.29. The van der Waals surface area contributed by atoms with Crippen LogP contribution in [0, 0.1) is 0 Å². The Morgan fingerprint density at radius 1 is 1.05 bits per heavy atom. The summed E-state index contributed by atoms with van der Waals surface area (Å²) < 4.78 is 52.1. The lowest BCUT2D eigenvalue weighted by atomic mass is 9.88. The summed E-state index contributed by atoms with van der Waals surface area (Å²) in [5, 5.41) is 3.09. The van der Waals surface area contributed by atoms with E-state index in [1.165, 1.54) is 11.0 Å². The standard InChI is InChI=1S/C32H26F3N3O4/c1-31-16-27(25-15-19(8-9-28(25)42-31)22-11-13-41-18-22)36-30(40)38(31)23-6-2-4-20(14-23)29(39)37-12-10-24-21(17-37)5-3-7-26(24)32(33,34)35/h2-9,11,13-15,18,27H,10,12,16-17H2,1H3,(H,36,40). The topological polar surface area (TPSA) is 75.0 Å². The zero-order chi connectivity index (χ0) is 29.2. The van der Waals surface area contributed by atoms with Crippen LogP contribution in [0.15, 0.2) is 83.7 Å². The number of carbonyl (C=O) groups excluding carboxylic acids is 2. The molecule has 3 aromatic carbocycles. The molecule has 0 spiro atoms. The lowest BCUT2D eigenvalue weighted by Crippen LogP contribution is -2.65. The van der Waals surface area contributed by atoms with Gasteiger partial charge < -0.3 is 19.4 Å². The Hall–Kier alpha value is -4.73. The van der Waals surface area contributed by atoms with E-state index in [4.69, 9.17) is 9.15 Å². The molecule has 1 fully saturated rings. The Bertz CT molecular complexity index is 1720. The minimum absolute atomic E-state index is 0.0760. The molecule has 3 aliphatic rings. The quantitative estimate of drug-likeness (QED) is 0.288. The number of carbonyl (C=O) groups is 2. The number of nitrogens with zero attached hydrogens (tertiary/aromatic N) is 2. The van der Waals surface area contributed by atoms with Crippen molar-refractivity contribution in [1.29, 1.82) is 0 Å². The molecule has 214 valence electrons. The monoisotopic (exact) mass is 573 g/mol. The Kier molecular flexibility index (Phi) is 5.86. The summed E-state index contributed by atoms with van der Waals surface area (Å²) in [4.78, 5) is 30.1. The van der Waals surface area contributed by atoms with Gasteiger partial charge in [0.25, 0.3) is 5.91 Å². The van der Waals surface area contributed by atoms with Crippen LogP contribution in [0.4, 0.5) is 23.7 Å². The molecule has 2 bridgehead atoms. The molecular formula is C32H26F3N3O4. The van der Waals surface area contributed by atoms with Crippen LogP contribution in [0.5, 0.6) is 5.75 Å². The molecular weight excluding hydrogens is 547 g/mol. The number of halogens is 3. The van der Waals surface area contributed by atoms with Gasteiger partial charge in [0.2, 0.25) is 0 Å². The van der Waals surface area contributed by atoms with Gasteiger partial charge in [-0.1, -0.05) is 24.3 Å². The molecule has 4 heterocycles. The van der Waals surface area contributed by atoms with Crippen molar-refractivity contribution in [2.24, 2.45) is 0 Å². The molecule has 42 heavy (non-hydrogen) atoms. The van der Waals surface area contributed by atoms with Crippen molar-refractivity contribution in [2.45, 2.75) is 44.3 Å². The maximum atomic E-state index is 13.5. The number of hydrogen-bond acceptors (Lipinski definition) is 4. The smallest absolute Gasteiger partial charge is 0.416 e. The van der Waals surface area contributed by atoms with E-state index in [1.807, 2.05) is 31.2 Å². The van der Waals surface area contributed by atoms with Crippen molar-refractivity contribution < 1.29 is 31.9 Å². The molecule has 3 aliphatic heterocycles. The summed E-state index contributed by atoms with van der Waals surface area (Å²) in [6.45, 7) is 2.08. The van der Waals surface area contributed by atoms with Crippen LogP contribution in [0.25, 0.3) is 11.1 Å². The van der Waals surface area contributed by atoms with Crippen LogP contribution in [0.3, 0.4) is 0 Å². The molecule has 1 aromatic heterocycles. The number of hydrogen-bond donors (Lipinski definition) is 1. The van der Waals surface area contributed by atoms with Gasteiger partial charge in [0.05, 0.1) is 29.8 Å². The molecule has 7 nitrogen and oxygen atoms in total. The predicted molar refractivity (Wildman–Crippen MR) is 148 cm³/mol. The van der Waals surface area contributed by atoms with E-state index in [1.54, 1.807) is 47.8 Å². The van der Waals surface area contributed by atoms with Crippen LogP contribution in [-0.4, -0.2) is 29.1 Å². The molecule has 3 amide bonds. The van der Waals surface area contributed by atoms with E-state index in [2.05, 4.69) is 5.32 Å². The minimum atomic E-state index is -4.44. The van der Waals surface area contributed by atoms with E-state index in [0.29, 0.717) is 29.0 Å². The van der Waals surface area contributed by atoms with Crippen molar-refractivity contribution in [2.75, 3.05) is 11.4 Å². The number of alkyl halides is 3. The zero-order valence-corrected chi connectivity index (χ0v) is 22.6. The first-order chi connectivity index (χ1) is 20.1. The number of fused-ring (bicyclic) bond motifs is 5. The van der Waals surface area contributed by atoms with Crippen LogP contribution in [0.2, 0.25) is 0 Å². The van der Waals surface area contributed by atoms with Gasteiger partial charge in [-0.05, 0) is 72.5 Å². The van der Waals surface area contributed by atoms with Crippen molar-refractivity contribution >= 4 is 17.6 Å². The lowest BCUT2D eigenvalue weighted by Gasteiger charge is -2.50. The van der Waals surface area contributed by atoms with Crippen LogP contribution >= 0.6 is 0 Å². The van der Waals surface area contributed by atoms with Gasteiger partial charge in [-0.3, -0.25) is 9.69 Å². The van der Waals surface area contributed by atoms with E-state index in [0.717, 1.165) is 22.8 Å². The van der Waals surface area contributed by atoms with Crippen molar-refractivity contribution in [1.82, 2.24) is 10.2 Å². The van der Waals surface area contributed by atoms with Crippen LogP contribution in [0.1, 0.15) is 52.0 Å². The summed E-state index contributed by atoms with van der Waals surface area (Å²) in [6.07, 6.45) is -0.592. The van der Waals surface area contributed by atoms with E-state index in [-0.39, 0.29) is 43.1 Å². The largest absolute Gasteiger partial charge is 0.472 e.